The first-order chi connectivity index (χ1) is 12.5. The van der Waals surface area contributed by atoms with Gasteiger partial charge in [-0.15, -0.1) is 0 Å². The maximum Gasteiger partial charge on any atom is 0.233 e. The SMILES string of the molecule is CNC(=O)CN1CCC(Nc2c(C#N)cnc3c(C)cc(F)cc23)CC1. The Bertz CT molecular complexity index is 868. The Hall–Kier alpha value is -2.72. The number of nitrogens with zero attached hydrogens (tertiary/aromatic N) is 3. The van der Waals surface area contributed by atoms with Crippen LogP contribution in [0.15, 0.2) is 18.3 Å². The van der Waals surface area contributed by atoms with E-state index in [-0.39, 0.29) is 17.8 Å². The number of hydrogen-bond acceptors (Lipinski definition) is 5. The number of halogens is 1. The molecular formula is C19H22FN5O. The van der Waals surface area contributed by atoms with Crippen LogP contribution in [-0.2, 0) is 4.79 Å². The lowest BCUT2D eigenvalue weighted by molar-refractivity contribution is -0.122. The predicted molar refractivity (Wildman–Crippen MR) is 98.3 cm³/mol. The molecule has 2 aromatic rings. The van der Waals surface area contributed by atoms with Crippen molar-refractivity contribution in [3.05, 3.63) is 35.3 Å². The van der Waals surface area contributed by atoms with Crippen LogP contribution >= 0.6 is 0 Å². The number of nitrogens with one attached hydrogen (secondary N) is 2. The number of hydrogen-bond donors (Lipinski definition) is 2. The minimum absolute atomic E-state index is 0.00857. The zero-order valence-electron chi connectivity index (χ0n) is 15.0. The van der Waals surface area contributed by atoms with Crippen molar-refractivity contribution in [1.29, 1.82) is 5.26 Å². The van der Waals surface area contributed by atoms with Crippen LogP contribution in [0.2, 0.25) is 0 Å². The molecule has 0 saturated carbocycles. The van der Waals surface area contributed by atoms with E-state index in [4.69, 9.17) is 0 Å². The highest BCUT2D eigenvalue weighted by molar-refractivity contribution is 5.95. The fraction of sp³-hybridized carbons (Fsp3) is 0.421. The van der Waals surface area contributed by atoms with Gasteiger partial charge in [0.05, 0.1) is 23.3 Å². The van der Waals surface area contributed by atoms with Crippen molar-refractivity contribution in [2.45, 2.75) is 25.8 Å². The van der Waals surface area contributed by atoms with Crippen LogP contribution in [0, 0.1) is 24.1 Å². The summed E-state index contributed by atoms with van der Waals surface area (Å²) in [5.41, 5.74) is 2.50. The topological polar surface area (TPSA) is 81.0 Å². The third-order valence-corrected chi connectivity index (χ3v) is 4.83. The van der Waals surface area contributed by atoms with E-state index in [1.54, 1.807) is 7.05 Å². The average Bonchev–Trinajstić information content (AvgIpc) is 2.63. The Morgan fingerprint density at radius 2 is 2.15 bits per heavy atom. The molecule has 1 fully saturated rings. The monoisotopic (exact) mass is 355 g/mol. The molecule has 1 amide bonds. The Kier molecular flexibility index (Phi) is 5.33. The molecule has 0 aliphatic carbocycles. The molecule has 0 atom stereocenters. The van der Waals surface area contributed by atoms with Gasteiger partial charge in [-0.1, -0.05) is 0 Å². The number of nitriles is 1. The molecule has 26 heavy (non-hydrogen) atoms. The van der Waals surface area contributed by atoms with Gasteiger partial charge in [0, 0.05) is 37.8 Å². The zero-order chi connectivity index (χ0) is 18.7. The summed E-state index contributed by atoms with van der Waals surface area (Å²) in [6.45, 7) is 3.80. The van der Waals surface area contributed by atoms with E-state index in [0.29, 0.717) is 28.7 Å². The highest BCUT2D eigenvalue weighted by atomic mass is 19.1. The lowest BCUT2D eigenvalue weighted by atomic mass is 10.0. The van der Waals surface area contributed by atoms with Gasteiger partial charge in [0.1, 0.15) is 11.9 Å². The molecule has 0 radical (unpaired) electrons. The molecule has 1 aromatic carbocycles. The summed E-state index contributed by atoms with van der Waals surface area (Å²) in [6, 6.07) is 5.19. The van der Waals surface area contributed by atoms with Crippen molar-refractivity contribution < 1.29 is 9.18 Å². The number of piperidine rings is 1. The smallest absolute Gasteiger partial charge is 0.233 e. The van der Waals surface area contributed by atoms with Crippen molar-refractivity contribution in [2.75, 3.05) is 32.0 Å². The van der Waals surface area contributed by atoms with Crippen LogP contribution in [0.25, 0.3) is 10.9 Å². The van der Waals surface area contributed by atoms with Gasteiger partial charge in [-0.25, -0.2) is 4.39 Å². The molecule has 0 spiro atoms. The number of likely N-dealkylation sites (N-methyl/N-ethyl adjacent to an activating group) is 1. The summed E-state index contributed by atoms with van der Waals surface area (Å²) in [7, 11) is 1.63. The fourth-order valence-corrected chi connectivity index (χ4v) is 3.40. The van der Waals surface area contributed by atoms with Crippen LogP contribution < -0.4 is 10.6 Å². The van der Waals surface area contributed by atoms with Crippen LogP contribution in [0.1, 0.15) is 24.0 Å². The van der Waals surface area contributed by atoms with Crippen LogP contribution in [0.5, 0.6) is 0 Å². The molecule has 3 rings (SSSR count). The third-order valence-electron chi connectivity index (χ3n) is 4.83. The number of fused-ring (bicyclic) bond motifs is 1. The maximum atomic E-state index is 13.9. The van der Waals surface area contributed by atoms with Crippen molar-refractivity contribution in [3.8, 4) is 6.07 Å². The number of anilines is 1. The molecule has 7 heteroatoms. The molecule has 6 nitrogen and oxygen atoms in total. The quantitative estimate of drug-likeness (QED) is 0.879. The van der Waals surface area contributed by atoms with E-state index >= 15 is 0 Å². The fourth-order valence-electron chi connectivity index (χ4n) is 3.40. The molecule has 1 aliphatic heterocycles. The number of rotatable bonds is 4. The highest BCUT2D eigenvalue weighted by Crippen LogP contribution is 2.30. The normalized spacial score (nSPS) is 15.6. The van der Waals surface area contributed by atoms with Gasteiger partial charge < -0.3 is 10.6 Å². The molecule has 0 bridgehead atoms. The highest BCUT2D eigenvalue weighted by Gasteiger charge is 2.22. The second-order valence-electron chi connectivity index (χ2n) is 6.65. The second kappa shape index (κ2) is 7.67. The van der Waals surface area contributed by atoms with Gasteiger partial charge in [-0.2, -0.15) is 5.26 Å². The first-order valence-corrected chi connectivity index (χ1v) is 8.70. The van der Waals surface area contributed by atoms with Crippen molar-refractivity contribution >= 4 is 22.5 Å². The van der Waals surface area contributed by atoms with Gasteiger partial charge in [-0.05, 0) is 37.5 Å². The number of aromatic nitrogens is 1. The Labute approximate surface area is 152 Å². The summed E-state index contributed by atoms with van der Waals surface area (Å²) in [5.74, 6) is -0.329. The average molecular weight is 355 g/mol. The van der Waals surface area contributed by atoms with E-state index in [2.05, 4.69) is 26.6 Å². The van der Waals surface area contributed by atoms with Crippen molar-refractivity contribution in [2.24, 2.45) is 0 Å². The predicted octanol–water partition coefficient (Wildman–Crippen LogP) is 2.18. The standard InChI is InChI=1S/C19H22FN5O/c1-12-7-14(20)8-16-18(12)23-10-13(9-21)19(16)24-15-3-5-25(6-4-15)11-17(26)22-2/h7-8,10,15H,3-6,11H2,1-2H3,(H,22,26)(H,23,24). The summed E-state index contributed by atoms with van der Waals surface area (Å²) >= 11 is 0. The molecule has 2 heterocycles. The van der Waals surface area contributed by atoms with Gasteiger partial charge in [0.2, 0.25) is 5.91 Å². The van der Waals surface area contributed by atoms with Gasteiger partial charge in [-0.3, -0.25) is 14.7 Å². The molecule has 1 saturated heterocycles. The Morgan fingerprint density at radius 1 is 1.42 bits per heavy atom. The van der Waals surface area contributed by atoms with Gasteiger partial charge in [0.25, 0.3) is 0 Å². The number of likely N-dealkylation sites (tertiary alicyclic amines) is 1. The number of aryl methyl sites for hydroxylation is 1. The summed E-state index contributed by atoms with van der Waals surface area (Å²) in [6.07, 6.45) is 3.23. The Morgan fingerprint density at radius 3 is 2.81 bits per heavy atom. The first-order valence-electron chi connectivity index (χ1n) is 8.70. The number of pyridine rings is 1. The number of carbonyl (C=O) groups excluding carboxylic acids is 1. The van der Waals surface area contributed by atoms with E-state index in [9.17, 15) is 14.4 Å². The second-order valence-corrected chi connectivity index (χ2v) is 6.65. The minimum atomic E-state index is -0.338. The zero-order valence-corrected chi connectivity index (χ0v) is 15.0. The van der Waals surface area contributed by atoms with E-state index in [0.717, 1.165) is 31.5 Å². The van der Waals surface area contributed by atoms with E-state index in [1.165, 1.54) is 18.3 Å². The lowest BCUT2D eigenvalue weighted by Gasteiger charge is -2.32. The van der Waals surface area contributed by atoms with Crippen molar-refractivity contribution in [1.82, 2.24) is 15.2 Å². The first kappa shape index (κ1) is 18.1. The van der Waals surface area contributed by atoms with Crippen LogP contribution in [0.4, 0.5) is 10.1 Å². The van der Waals surface area contributed by atoms with Crippen LogP contribution in [0.3, 0.4) is 0 Å². The number of benzene rings is 1. The lowest BCUT2D eigenvalue weighted by Crippen LogP contribution is -2.43. The summed E-state index contributed by atoms with van der Waals surface area (Å²) in [5, 5.41) is 16.1. The summed E-state index contributed by atoms with van der Waals surface area (Å²) < 4.78 is 13.9. The van der Waals surface area contributed by atoms with E-state index in [1.807, 2.05) is 6.92 Å². The number of carbonyl (C=O) groups is 1. The maximum absolute atomic E-state index is 13.9. The van der Waals surface area contributed by atoms with E-state index < -0.39 is 0 Å². The Balaban J connectivity index is 1.81. The molecule has 2 N–H and O–H groups in total. The largest absolute Gasteiger partial charge is 0.381 e. The van der Waals surface area contributed by atoms with Gasteiger partial charge >= 0.3 is 0 Å². The van der Waals surface area contributed by atoms with Crippen LogP contribution in [-0.4, -0.2) is 48.5 Å². The molecular weight excluding hydrogens is 333 g/mol. The van der Waals surface area contributed by atoms with Crippen molar-refractivity contribution in [3.63, 3.8) is 0 Å². The molecule has 1 aromatic heterocycles. The number of amides is 1. The van der Waals surface area contributed by atoms with Gasteiger partial charge in [0.15, 0.2) is 0 Å². The minimum Gasteiger partial charge on any atom is -0.381 e. The molecule has 0 unspecified atom stereocenters. The molecule has 1 aliphatic rings. The summed E-state index contributed by atoms with van der Waals surface area (Å²) in [4.78, 5) is 17.9. The third kappa shape index (κ3) is 3.75. The molecule has 136 valence electrons.